The number of nitrogens with two attached hydrogens (primary N) is 1. The summed E-state index contributed by atoms with van der Waals surface area (Å²) < 4.78 is 1.48. The maximum atomic E-state index is 12.4. The highest BCUT2D eigenvalue weighted by atomic mass is 16.1. The number of aromatic nitrogens is 2. The average Bonchev–Trinajstić information content (AvgIpc) is 2.38. The molecule has 1 aromatic heterocycles. The van der Waals surface area contributed by atoms with Gasteiger partial charge in [-0.25, -0.2) is 0 Å². The summed E-state index contributed by atoms with van der Waals surface area (Å²) in [6, 6.07) is 5.88. The molecule has 0 aliphatic carbocycles. The summed E-state index contributed by atoms with van der Waals surface area (Å²) in [4.78, 5) is 12.4. The minimum atomic E-state index is -0.0975. The number of hydrogen-bond acceptors (Lipinski definition) is 3. The van der Waals surface area contributed by atoms with Crippen molar-refractivity contribution in [2.24, 2.45) is 5.73 Å². The largest absolute Gasteiger partial charge is 0.326 e. The SMILES string of the molecule is Cc1cccc(-n2nc(C)c(CN)c(C)c2=O)c1C. The molecule has 2 rings (SSSR count). The van der Waals surface area contributed by atoms with E-state index in [1.807, 2.05) is 39.0 Å². The molecule has 0 aliphatic rings. The van der Waals surface area contributed by atoms with Gasteiger partial charge in [-0.1, -0.05) is 12.1 Å². The van der Waals surface area contributed by atoms with Crippen LogP contribution in [0.25, 0.3) is 5.69 Å². The second kappa shape index (κ2) is 4.97. The molecule has 0 saturated carbocycles. The quantitative estimate of drug-likeness (QED) is 0.894. The Hall–Kier alpha value is -1.94. The first-order valence-electron chi connectivity index (χ1n) is 6.33. The van der Waals surface area contributed by atoms with Gasteiger partial charge in [-0.05, 0) is 50.5 Å². The van der Waals surface area contributed by atoms with Crippen LogP contribution in [0, 0.1) is 27.7 Å². The summed E-state index contributed by atoms with van der Waals surface area (Å²) >= 11 is 0. The second-order valence-corrected chi connectivity index (χ2v) is 4.83. The highest BCUT2D eigenvalue weighted by Gasteiger charge is 2.13. The number of aryl methyl sites for hydroxylation is 2. The third-order valence-electron chi connectivity index (χ3n) is 3.66. The summed E-state index contributed by atoms with van der Waals surface area (Å²) in [5.41, 5.74) is 10.9. The Bertz CT molecular complexity index is 687. The van der Waals surface area contributed by atoms with Gasteiger partial charge >= 0.3 is 0 Å². The average molecular weight is 257 g/mol. The third-order valence-corrected chi connectivity index (χ3v) is 3.66. The van der Waals surface area contributed by atoms with E-state index in [2.05, 4.69) is 5.10 Å². The second-order valence-electron chi connectivity index (χ2n) is 4.83. The molecular formula is C15H19N3O. The fraction of sp³-hybridized carbons (Fsp3) is 0.333. The highest BCUT2D eigenvalue weighted by molar-refractivity contribution is 5.44. The normalized spacial score (nSPS) is 10.8. The molecule has 0 aliphatic heterocycles. The summed E-state index contributed by atoms with van der Waals surface area (Å²) in [6.07, 6.45) is 0. The first-order chi connectivity index (χ1) is 8.97. The van der Waals surface area contributed by atoms with Crippen molar-refractivity contribution < 1.29 is 0 Å². The zero-order valence-electron chi connectivity index (χ0n) is 11.8. The fourth-order valence-electron chi connectivity index (χ4n) is 2.24. The van der Waals surface area contributed by atoms with Crippen LogP contribution in [0.2, 0.25) is 0 Å². The van der Waals surface area contributed by atoms with E-state index in [1.54, 1.807) is 6.92 Å². The van der Waals surface area contributed by atoms with Gasteiger partial charge in [-0.3, -0.25) is 4.79 Å². The monoisotopic (exact) mass is 257 g/mol. The maximum Gasteiger partial charge on any atom is 0.274 e. The summed E-state index contributed by atoms with van der Waals surface area (Å²) in [5, 5.41) is 4.40. The molecule has 2 aromatic rings. The van der Waals surface area contributed by atoms with E-state index < -0.39 is 0 Å². The number of nitrogens with zero attached hydrogens (tertiary/aromatic N) is 2. The predicted octanol–water partition coefficient (Wildman–Crippen LogP) is 1.92. The Kier molecular flexibility index (Phi) is 3.53. The first-order valence-corrected chi connectivity index (χ1v) is 6.33. The standard InChI is InChI=1S/C15H19N3O/c1-9-6-5-7-14(10(9)2)18-15(19)11(3)13(8-16)12(4)17-18/h5-7H,8,16H2,1-4H3. The van der Waals surface area contributed by atoms with Crippen molar-refractivity contribution in [1.82, 2.24) is 9.78 Å². The number of rotatable bonds is 2. The molecule has 4 nitrogen and oxygen atoms in total. The summed E-state index contributed by atoms with van der Waals surface area (Å²) in [7, 11) is 0. The lowest BCUT2D eigenvalue weighted by Crippen LogP contribution is -2.27. The van der Waals surface area contributed by atoms with E-state index in [9.17, 15) is 4.79 Å². The Balaban J connectivity index is 2.78. The van der Waals surface area contributed by atoms with Gasteiger partial charge < -0.3 is 5.73 Å². The minimum absolute atomic E-state index is 0.0975. The van der Waals surface area contributed by atoms with Gasteiger partial charge in [0.15, 0.2) is 0 Å². The van der Waals surface area contributed by atoms with Crippen molar-refractivity contribution in [2.45, 2.75) is 34.2 Å². The Morgan fingerprint density at radius 1 is 1.16 bits per heavy atom. The smallest absolute Gasteiger partial charge is 0.274 e. The molecule has 0 spiro atoms. The van der Waals surface area contributed by atoms with Crippen LogP contribution >= 0.6 is 0 Å². The molecule has 1 heterocycles. The topological polar surface area (TPSA) is 60.9 Å². The van der Waals surface area contributed by atoms with E-state index in [0.29, 0.717) is 12.1 Å². The molecule has 19 heavy (non-hydrogen) atoms. The molecule has 100 valence electrons. The van der Waals surface area contributed by atoms with Gasteiger partial charge in [0.25, 0.3) is 5.56 Å². The lowest BCUT2D eigenvalue weighted by molar-refractivity contribution is 0.750. The van der Waals surface area contributed by atoms with Crippen LogP contribution in [0.5, 0.6) is 0 Å². The lowest BCUT2D eigenvalue weighted by atomic mass is 10.1. The third kappa shape index (κ3) is 2.19. The Morgan fingerprint density at radius 2 is 1.84 bits per heavy atom. The van der Waals surface area contributed by atoms with Gasteiger partial charge in [-0.2, -0.15) is 9.78 Å². The highest BCUT2D eigenvalue weighted by Crippen LogP contribution is 2.16. The molecule has 0 unspecified atom stereocenters. The van der Waals surface area contributed by atoms with Crippen molar-refractivity contribution in [2.75, 3.05) is 0 Å². The summed E-state index contributed by atoms with van der Waals surface area (Å²) in [6.45, 7) is 8.06. The zero-order valence-corrected chi connectivity index (χ0v) is 11.8. The zero-order chi connectivity index (χ0) is 14.2. The van der Waals surface area contributed by atoms with Crippen LogP contribution in [0.4, 0.5) is 0 Å². The van der Waals surface area contributed by atoms with Crippen molar-refractivity contribution in [1.29, 1.82) is 0 Å². The van der Waals surface area contributed by atoms with Crippen LogP contribution in [0.3, 0.4) is 0 Å². The lowest BCUT2D eigenvalue weighted by Gasteiger charge is -2.14. The maximum absolute atomic E-state index is 12.4. The van der Waals surface area contributed by atoms with E-state index in [0.717, 1.165) is 28.1 Å². The van der Waals surface area contributed by atoms with Gasteiger partial charge in [0.2, 0.25) is 0 Å². The molecule has 0 fully saturated rings. The Morgan fingerprint density at radius 3 is 2.47 bits per heavy atom. The van der Waals surface area contributed by atoms with E-state index in [1.165, 1.54) is 4.68 Å². The van der Waals surface area contributed by atoms with Gasteiger partial charge in [0, 0.05) is 12.1 Å². The van der Waals surface area contributed by atoms with E-state index in [4.69, 9.17) is 5.73 Å². The fourth-order valence-corrected chi connectivity index (χ4v) is 2.24. The van der Waals surface area contributed by atoms with Crippen LogP contribution < -0.4 is 11.3 Å². The summed E-state index contributed by atoms with van der Waals surface area (Å²) in [5.74, 6) is 0. The molecule has 0 radical (unpaired) electrons. The van der Waals surface area contributed by atoms with Gasteiger partial charge in [0.05, 0.1) is 11.4 Å². The number of benzene rings is 1. The van der Waals surface area contributed by atoms with Crippen LogP contribution in [0.15, 0.2) is 23.0 Å². The first kappa shape index (κ1) is 13.5. The molecule has 2 N–H and O–H groups in total. The van der Waals surface area contributed by atoms with Crippen molar-refractivity contribution in [3.05, 3.63) is 56.5 Å². The van der Waals surface area contributed by atoms with Crippen LogP contribution in [-0.2, 0) is 6.54 Å². The molecule has 4 heteroatoms. The predicted molar refractivity (Wildman–Crippen MR) is 76.7 cm³/mol. The van der Waals surface area contributed by atoms with Crippen molar-refractivity contribution >= 4 is 0 Å². The van der Waals surface area contributed by atoms with E-state index >= 15 is 0 Å². The van der Waals surface area contributed by atoms with E-state index in [-0.39, 0.29) is 5.56 Å². The molecule has 0 saturated heterocycles. The van der Waals surface area contributed by atoms with Crippen molar-refractivity contribution in [3.8, 4) is 5.69 Å². The molecule has 1 aromatic carbocycles. The molecule has 0 bridgehead atoms. The minimum Gasteiger partial charge on any atom is -0.326 e. The van der Waals surface area contributed by atoms with Crippen LogP contribution in [0.1, 0.15) is 27.9 Å². The molecule has 0 amide bonds. The number of hydrogen-bond donors (Lipinski definition) is 1. The van der Waals surface area contributed by atoms with Crippen molar-refractivity contribution in [3.63, 3.8) is 0 Å². The molecule has 0 atom stereocenters. The van der Waals surface area contributed by atoms with Gasteiger partial charge in [-0.15, -0.1) is 0 Å². The van der Waals surface area contributed by atoms with Gasteiger partial charge in [0.1, 0.15) is 0 Å². The van der Waals surface area contributed by atoms with Crippen LogP contribution in [-0.4, -0.2) is 9.78 Å². The Labute approximate surface area is 112 Å². The molecular weight excluding hydrogens is 238 g/mol.